The SMILES string of the molecule is C=CCc1cc(/C=C2\C(=O)NC(=O)N(c3ccc(C)c(C)c3)C2=O)cc(Br)c1OCc1cccc([N+](=O)[O-])c1. The Labute approximate surface area is 233 Å². The number of aryl methyl sites for hydroxylation is 2. The second-order valence-corrected chi connectivity index (χ2v) is 9.78. The van der Waals surface area contributed by atoms with Crippen molar-refractivity contribution >= 4 is 51.2 Å². The highest BCUT2D eigenvalue weighted by Gasteiger charge is 2.37. The van der Waals surface area contributed by atoms with Crippen molar-refractivity contribution < 1.29 is 24.0 Å². The van der Waals surface area contributed by atoms with Crippen LogP contribution in [0.3, 0.4) is 0 Å². The molecule has 0 radical (unpaired) electrons. The van der Waals surface area contributed by atoms with Crippen molar-refractivity contribution in [3.05, 3.63) is 115 Å². The number of ether oxygens (including phenoxy) is 1. The number of urea groups is 1. The van der Waals surface area contributed by atoms with Gasteiger partial charge in [0, 0.05) is 12.1 Å². The lowest BCUT2D eigenvalue weighted by Crippen LogP contribution is -2.54. The highest BCUT2D eigenvalue weighted by Crippen LogP contribution is 2.34. The smallest absolute Gasteiger partial charge is 0.335 e. The van der Waals surface area contributed by atoms with Crippen LogP contribution in [0, 0.1) is 24.0 Å². The van der Waals surface area contributed by atoms with Gasteiger partial charge in [-0.1, -0.05) is 24.3 Å². The molecule has 1 aliphatic rings. The van der Waals surface area contributed by atoms with Crippen LogP contribution >= 0.6 is 15.9 Å². The standard InChI is InChI=1S/C29H24BrN3O6/c1-4-6-21-12-20(15-25(30)26(21)39-16-19-7-5-8-23(13-19)33(37)38)14-24-27(34)31-29(36)32(28(24)35)22-10-9-17(2)18(3)11-22/h4-5,7-15H,1,6,16H2,2-3H3,(H,31,34,36)/b24-14+. The highest BCUT2D eigenvalue weighted by atomic mass is 79.9. The number of benzene rings is 3. The summed E-state index contributed by atoms with van der Waals surface area (Å²) in [5.41, 5.74) is 3.88. The maximum Gasteiger partial charge on any atom is 0.335 e. The molecule has 1 heterocycles. The molecule has 0 unspecified atom stereocenters. The fourth-order valence-electron chi connectivity index (χ4n) is 4.06. The van der Waals surface area contributed by atoms with E-state index in [9.17, 15) is 24.5 Å². The Kier molecular flexibility index (Phi) is 8.06. The fraction of sp³-hybridized carbons (Fsp3) is 0.138. The van der Waals surface area contributed by atoms with Crippen LogP contribution in [0.5, 0.6) is 5.75 Å². The molecule has 0 bridgehead atoms. The molecule has 1 fully saturated rings. The molecule has 9 nitrogen and oxygen atoms in total. The number of nitro benzene ring substituents is 1. The average molecular weight is 590 g/mol. The van der Waals surface area contributed by atoms with E-state index in [2.05, 4.69) is 27.8 Å². The summed E-state index contributed by atoms with van der Waals surface area (Å²) < 4.78 is 6.55. The van der Waals surface area contributed by atoms with Crippen molar-refractivity contribution in [3.8, 4) is 5.75 Å². The zero-order valence-corrected chi connectivity index (χ0v) is 22.8. The number of barbiturate groups is 1. The second-order valence-electron chi connectivity index (χ2n) is 8.93. The molecular formula is C29H24BrN3O6. The number of imide groups is 2. The minimum atomic E-state index is -0.816. The Morgan fingerprint density at radius 2 is 1.85 bits per heavy atom. The van der Waals surface area contributed by atoms with Gasteiger partial charge in [0.2, 0.25) is 0 Å². The number of nitrogens with zero attached hydrogens (tertiary/aromatic N) is 2. The lowest BCUT2D eigenvalue weighted by Gasteiger charge is -2.27. The van der Waals surface area contributed by atoms with Gasteiger partial charge in [0.15, 0.2) is 0 Å². The third-order valence-electron chi connectivity index (χ3n) is 6.17. The van der Waals surface area contributed by atoms with Crippen molar-refractivity contribution in [1.82, 2.24) is 5.32 Å². The molecule has 1 saturated heterocycles. The summed E-state index contributed by atoms with van der Waals surface area (Å²) in [6.45, 7) is 7.66. The minimum Gasteiger partial charge on any atom is -0.487 e. The largest absolute Gasteiger partial charge is 0.487 e. The van der Waals surface area contributed by atoms with E-state index in [-0.39, 0.29) is 17.9 Å². The van der Waals surface area contributed by atoms with E-state index in [1.807, 2.05) is 13.8 Å². The number of carbonyl (C=O) groups excluding carboxylic acids is 3. The number of anilines is 1. The first-order valence-corrected chi connectivity index (χ1v) is 12.7. The molecule has 1 N–H and O–H groups in total. The Hall–Kier alpha value is -4.57. The van der Waals surface area contributed by atoms with E-state index in [1.54, 1.807) is 48.5 Å². The second kappa shape index (κ2) is 11.4. The summed E-state index contributed by atoms with van der Waals surface area (Å²) in [4.78, 5) is 50.1. The zero-order valence-electron chi connectivity index (χ0n) is 21.2. The number of carbonyl (C=O) groups is 3. The number of nitro groups is 1. The van der Waals surface area contributed by atoms with Crippen LogP contribution in [-0.2, 0) is 22.6 Å². The van der Waals surface area contributed by atoms with Gasteiger partial charge in [-0.25, -0.2) is 9.69 Å². The molecule has 0 aromatic heterocycles. The lowest BCUT2D eigenvalue weighted by atomic mass is 10.0. The Bertz CT molecular complexity index is 1560. The van der Waals surface area contributed by atoms with E-state index in [0.717, 1.165) is 16.0 Å². The fourth-order valence-corrected chi connectivity index (χ4v) is 4.70. The van der Waals surface area contributed by atoms with Crippen LogP contribution in [-0.4, -0.2) is 22.8 Å². The maximum absolute atomic E-state index is 13.3. The number of rotatable bonds is 8. The predicted octanol–water partition coefficient (Wildman–Crippen LogP) is 5.95. The Morgan fingerprint density at radius 1 is 1.08 bits per heavy atom. The molecule has 4 rings (SSSR count). The Balaban J connectivity index is 1.66. The van der Waals surface area contributed by atoms with Crippen molar-refractivity contribution in [2.75, 3.05) is 4.90 Å². The summed E-state index contributed by atoms with van der Waals surface area (Å²) >= 11 is 3.50. The van der Waals surface area contributed by atoms with Gasteiger partial charge in [-0.05, 0) is 94.4 Å². The van der Waals surface area contributed by atoms with Crippen LogP contribution in [0.25, 0.3) is 6.08 Å². The molecule has 39 heavy (non-hydrogen) atoms. The summed E-state index contributed by atoms with van der Waals surface area (Å²) in [6, 6.07) is 13.9. The first-order valence-electron chi connectivity index (χ1n) is 11.9. The van der Waals surface area contributed by atoms with Crippen LogP contribution in [0.15, 0.2) is 77.3 Å². The summed E-state index contributed by atoms with van der Waals surface area (Å²) in [5, 5.41) is 13.3. The topological polar surface area (TPSA) is 119 Å². The molecular weight excluding hydrogens is 566 g/mol. The predicted molar refractivity (Wildman–Crippen MR) is 150 cm³/mol. The molecule has 0 saturated carbocycles. The minimum absolute atomic E-state index is 0.0350. The van der Waals surface area contributed by atoms with Gasteiger partial charge in [-0.15, -0.1) is 6.58 Å². The van der Waals surface area contributed by atoms with Gasteiger partial charge < -0.3 is 4.74 Å². The maximum atomic E-state index is 13.3. The monoisotopic (exact) mass is 589 g/mol. The summed E-state index contributed by atoms with van der Waals surface area (Å²) in [6.07, 6.45) is 3.50. The highest BCUT2D eigenvalue weighted by molar-refractivity contribution is 9.10. The van der Waals surface area contributed by atoms with Crippen molar-refractivity contribution in [2.45, 2.75) is 26.9 Å². The quantitative estimate of drug-likeness (QED) is 0.114. The lowest BCUT2D eigenvalue weighted by molar-refractivity contribution is -0.384. The zero-order chi connectivity index (χ0) is 28.3. The van der Waals surface area contributed by atoms with Gasteiger partial charge in [0.25, 0.3) is 17.5 Å². The first-order chi connectivity index (χ1) is 18.6. The van der Waals surface area contributed by atoms with E-state index in [1.165, 1.54) is 18.2 Å². The summed E-state index contributed by atoms with van der Waals surface area (Å²) in [7, 11) is 0. The third-order valence-corrected chi connectivity index (χ3v) is 6.76. The molecule has 4 amide bonds. The van der Waals surface area contributed by atoms with Gasteiger partial charge in [-0.3, -0.25) is 25.0 Å². The molecule has 0 aliphatic carbocycles. The van der Waals surface area contributed by atoms with Gasteiger partial charge in [-0.2, -0.15) is 0 Å². The molecule has 0 atom stereocenters. The number of nitrogens with one attached hydrogen (secondary N) is 1. The third kappa shape index (κ3) is 5.96. The molecule has 3 aromatic rings. The van der Waals surface area contributed by atoms with Crippen LogP contribution < -0.4 is 15.0 Å². The first kappa shape index (κ1) is 27.5. The molecule has 0 spiro atoms. The number of amides is 4. The van der Waals surface area contributed by atoms with Gasteiger partial charge in [0.05, 0.1) is 15.1 Å². The molecule has 198 valence electrons. The summed E-state index contributed by atoms with van der Waals surface area (Å²) in [5.74, 6) is -1.04. The van der Waals surface area contributed by atoms with Crippen molar-refractivity contribution in [1.29, 1.82) is 0 Å². The van der Waals surface area contributed by atoms with Gasteiger partial charge in [0.1, 0.15) is 17.9 Å². The van der Waals surface area contributed by atoms with E-state index in [4.69, 9.17) is 4.74 Å². The molecule has 3 aromatic carbocycles. The number of hydrogen-bond acceptors (Lipinski definition) is 6. The molecule has 1 aliphatic heterocycles. The van der Waals surface area contributed by atoms with Crippen LogP contribution in [0.1, 0.15) is 27.8 Å². The average Bonchev–Trinajstić information content (AvgIpc) is 2.88. The number of hydrogen-bond donors (Lipinski definition) is 1. The van der Waals surface area contributed by atoms with E-state index in [0.29, 0.717) is 39.0 Å². The number of allylic oxidation sites excluding steroid dienone is 1. The number of halogens is 1. The van der Waals surface area contributed by atoms with Crippen LogP contribution in [0.2, 0.25) is 0 Å². The van der Waals surface area contributed by atoms with E-state index >= 15 is 0 Å². The van der Waals surface area contributed by atoms with Gasteiger partial charge >= 0.3 is 6.03 Å². The van der Waals surface area contributed by atoms with Crippen molar-refractivity contribution in [2.24, 2.45) is 0 Å². The van der Waals surface area contributed by atoms with Crippen LogP contribution in [0.4, 0.5) is 16.2 Å². The number of non-ortho nitro benzene ring substituents is 1. The normalized spacial score (nSPS) is 14.4. The Morgan fingerprint density at radius 3 is 2.54 bits per heavy atom. The van der Waals surface area contributed by atoms with Crippen molar-refractivity contribution in [3.63, 3.8) is 0 Å². The van der Waals surface area contributed by atoms with E-state index < -0.39 is 22.8 Å². The molecule has 10 heteroatoms.